The molecular formula is C10H14ClN3O6S. The Labute approximate surface area is 125 Å². The number of carboxylic acids is 1. The first-order chi connectivity index (χ1) is 9.69. The van der Waals surface area contributed by atoms with Crippen molar-refractivity contribution in [3.63, 3.8) is 0 Å². The van der Waals surface area contributed by atoms with Crippen LogP contribution >= 0.6 is 11.6 Å². The van der Waals surface area contributed by atoms with Crippen LogP contribution in [-0.4, -0.2) is 48.4 Å². The van der Waals surface area contributed by atoms with Crippen LogP contribution < -0.4 is 4.72 Å². The summed E-state index contributed by atoms with van der Waals surface area (Å²) in [5.41, 5.74) is 0. The number of aryl methyl sites for hydroxylation is 1. The summed E-state index contributed by atoms with van der Waals surface area (Å²) in [6.45, 7) is 0. The number of rotatable bonds is 7. The summed E-state index contributed by atoms with van der Waals surface area (Å²) in [5.74, 6) is -2.06. The Morgan fingerprint density at radius 2 is 2.19 bits per heavy atom. The number of aliphatic carboxylic acids is 1. The lowest BCUT2D eigenvalue weighted by Gasteiger charge is -2.14. The van der Waals surface area contributed by atoms with Gasteiger partial charge in [0.15, 0.2) is 5.03 Å². The molecule has 0 saturated carbocycles. The van der Waals surface area contributed by atoms with Crippen molar-refractivity contribution in [1.82, 2.24) is 14.5 Å². The predicted octanol–water partition coefficient (Wildman–Crippen LogP) is -0.242. The van der Waals surface area contributed by atoms with Crippen molar-refractivity contribution in [1.29, 1.82) is 0 Å². The number of nitrogens with one attached hydrogen (secondary N) is 1. The van der Waals surface area contributed by atoms with E-state index in [1.807, 2.05) is 4.72 Å². The lowest BCUT2D eigenvalue weighted by atomic mass is 10.2. The summed E-state index contributed by atoms with van der Waals surface area (Å²) >= 11 is 5.72. The quantitative estimate of drug-likeness (QED) is 0.656. The van der Waals surface area contributed by atoms with E-state index in [-0.39, 0.29) is 22.9 Å². The fraction of sp³-hybridized carbons (Fsp3) is 0.500. The van der Waals surface area contributed by atoms with Crippen LogP contribution in [-0.2, 0) is 31.4 Å². The van der Waals surface area contributed by atoms with Crippen molar-refractivity contribution in [2.24, 2.45) is 7.05 Å². The second-order valence-corrected chi connectivity index (χ2v) is 6.08. The Morgan fingerprint density at radius 1 is 1.57 bits per heavy atom. The zero-order valence-corrected chi connectivity index (χ0v) is 12.8. The number of halogens is 1. The van der Waals surface area contributed by atoms with E-state index in [0.29, 0.717) is 0 Å². The molecule has 0 aromatic carbocycles. The SMILES string of the molecule is COC(=O)CCC(NS(=O)(=O)c1c(Cl)cnn1C)C(=O)O. The summed E-state index contributed by atoms with van der Waals surface area (Å²) in [4.78, 5) is 22.1. The Balaban J connectivity index is 2.93. The number of sulfonamides is 1. The van der Waals surface area contributed by atoms with Crippen LogP contribution in [0.4, 0.5) is 0 Å². The number of aromatic nitrogens is 2. The first kappa shape index (κ1) is 17.4. The van der Waals surface area contributed by atoms with E-state index in [9.17, 15) is 18.0 Å². The van der Waals surface area contributed by atoms with E-state index in [0.717, 1.165) is 18.0 Å². The van der Waals surface area contributed by atoms with Crippen LogP contribution in [0.5, 0.6) is 0 Å². The second kappa shape index (κ2) is 6.87. The standard InChI is InChI=1S/C10H14ClN3O6S/c1-14-9(6(11)5-12-14)21(18,19)13-7(10(16)17)3-4-8(15)20-2/h5,7,13H,3-4H2,1-2H3,(H,16,17). The van der Waals surface area contributed by atoms with Gasteiger partial charge < -0.3 is 9.84 Å². The average Bonchev–Trinajstić information content (AvgIpc) is 2.73. The minimum Gasteiger partial charge on any atom is -0.480 e. The molecule has 0 aliphatic heterocycles. The van der Waals surface area contributed by atoms with Gasteiger partial charge in [-0.25, -0.2) is 8.42 Å². The van der Waals surface area contributed by atoms with Gasteiger partial charge in [-0.05, 0) is 6.42 Å². The maximum absolute atomic E-state index is 12.1. The molecule has 1 aromatic rings. The molecule has 9 nitrogen and oxygen atoms in total. The van der Waals surface area contributed by atoms with Crippen LogP contribution in [0.15, 0.2) is 11.2 Å². The highest BCUT2D eigenvalue weighted by atomic mass is 35.5. The molecule has 21 heavy (non-hydrogen) atoms. The number of hydrogen-bond acceptors (Lipinski definition) is 6. The molecule has 1 atom stereocenters. The molecule has 0 saturated heterocycles. The number of carbonyl (C=O) groups is 2. The predicted molar refractivity (Wildman–Crippen MR) is 71.2 cm³/mol. The third-order valence-electron chi connectivity index (χ3n) is 2.56. The summed E-state index contributed by atoms with van der Waals surface area (Å²) in [5, 5.41) is 12.2. The van der Waals surface area contributed by atoms with Gasteiger partial charge in [-0.3, -0.25) is 14.3 Å². The molecule has 11 heteroatoms. The molecule has 1 unspecified atom stereocenters. The molecule has 0 fully saturated rings. The fourth-order valence-corrected chi connectivity index (χ4v) is 3.42. The van der Waals surface area contributed by atoms with Crippen molar-refractivity contribution in [2.45, 2.75) is 23.9 Å². The highest BCUT2D eigenvalue weighted by Gasteiger charge is 2.29. The van der Waals surface area contributed by atoms with E-state index >= 15 is 0 Å². The zero-order valence-electron chi connectivity index (χ0n) is 11.2. The summed E-state index contributed by atoms with van der Waals surface area (Å²) in [6.07, 6.45) is 0.631. The molecule has 0 spiro atoms. The third kappa shape index (κ3) is 4.41. The van der Waals surface area contributed by atoms with Crippen molar-refractivity contribution in [2.75, 3.05) is 7.11 Å². The normalized spacial score (nSPS) is 12.9. The van der Waals surface area contributed by atoms with Gasteiger partial charge in [0.05, 0.1) is 18.3 Å². The summed E-state index contributed by atoms with van der Waals surface area (Å²) < 4.78 is 31.6. The van der Waals surface area contributed by atoms with Gasteiger partial charge in [0.2, 0.25) is 0 Å². The molecule has 0 amide bonds. The van der Waals surface area contributed by atoms with Gasteiger partial charge in [-0.15, -0.1) is 0 Å². The van der Waals surface area contributed by atoms with Crippen LogP contribution in [0.1, 0.15) is 12.8 Å². The molecule has 0 radical (unpaired) electrons. The molecular weight excluding hydrogens is 326 g/mol. The fourth-order valence-electron chi connectivity index (χ4n) is 1.54. The van der Waals surface area contributed by atoms with Crippen LogP contribution in [0.25, 0.3) is 0 Å². The first-order valence-corrected chi connectivity index (χ1v) is 7.54. The largest absolute Gasteiger partial charge is 0.480 e. The second-order valence-electron chi connectivity index (χ2n) is 4.05. The third-order valence-corrected chi connectivity index (χ3v) is 4.53. The van der Waals surface area contributed by atoms with Crippen molar-refractivity contribution < 1.29 is 27.9 Å². The number of carbonyl (C=O) groups excluding carboxylic acids is 1. The Bertz CT molecular complexity index is 622. The maximum atomic E-state index is 12.1. The lowest BCUT2D eigenvalue weighted by molar-refractivity contribution is -0.142. The number of methoxy groups -OCH3 is 1. The number of nitrogens with zero attached hydrogens (tertiary/aromatic N) is 2. The van der Waals surface area contributed by atoms with Gasteiger partial charge in [0, 0.05) is 13.5 Å². The average molecular weight is 340 g/mol. The van der Waals surface area contributed by atoms with Gasteiger partial charge in [0.1, 0.15) is 6.04 Å². The molecule has 2 N–H and O–H groups in total. The molecule has 0 aliphatic carbocycles. The number of hydrogen-bond donors (Lipinski definition) is 2. The van der Waals surface area contributed by atoms with Crippen molar-refractivity contribution in [3.8, 4) is 0 Å². The lowest BCUT2D eigenvalue weighted by Crippen LogP contribution is -2.41. The van der Waals surface area contributed by atoms with Crippen molar-refractivity contribution in [3.05, 3.63) is 11.2 Å². The molecule has 1 aromatic heterocycles. The number of carboxylic acid groups (broad SMARTS) is 1. The monoisotopic (exact) mass is 339 g/mol. The van der Waals surface area contributed by atoms with Crippen molar-refractivity contribution >= 4 is 33.6 Å². The van der Waals surface area contributed by atoms with E-state index < -0.39 is 28.0 Å². The van der Waals surface area contributed by atoms with E-state index in [2.05, 4.69) is 9.84 Å². The van der Waals surface area contributed by atoms with Gasteiger partial charge in [-0.2, -0.15) is 9.82 Å². The van der Waals surface area contributed by atoms with Crippen LogP contribution in [0.2, 0.25) is 5.02 Å². The first-order valence-electron chi connectivity index (χ1n) is 5.68. The summed E-state index contributed by atoms with van der Waals surface area (Å²) in [7, 11) is -1.69. The van der Waals surface area contributed by atoms with E-state index in [1.165, 1.54) is 7.05 Å². The van der Waals surface area contributed by atoms with Gasteiger partial charge in [0.25, 0.3) is 10.0 Å². The summed E-state index contributed by atoms with van der Waals surface area (Å²) in [6, 6.07) is -1.49. The Hall–Kier alpha value is -1.65. The smallest absolute Gasteiger partial charge is 0.321 e. The van der Waals surface area contributed by atoms with Gasteiger partial charge >= 0.3 is 11.9 Å². The minimum absolute atomic E-state index is 0.137. The Morgan fingerprint density at radius 3 is 2.62 bits per heavy atom. The Kier molecular flexibility index (Phi) is 5.70. The van der Waals surface area contributed by atoms with E-state index in [4.69, 9.17) is 16.7 Å². The van der Waals surface area contributed by atoms with E-state index in [1.54, 1.807) is 0 Å². The molecule has 118 valence electrons. The zero-order chi connectivity index (χ0) is 16.2. The number of ether oxygens (including phenoxy) is 1. The molecule has 1 rings (SSSR count). The maximum Gasteiger partial charge on any atom is 0.321 e. The minimum atomic E-state index is -4.19. The number of esters is 1. The van der Waals surface area contributed by atoms with Crippen LogP contribution in [0, 0.1) is 0 Å². The molecule has 0 aliphatic rings. The topological polar surface area (TPSA) is 128 Å². The molecule has 1 heterocycles. The molecule has 0 bridgehead atoms. The van der Waals surface area contributed by atoms with Crippen LogP contribution in [0.3, 0.4) is 0 Å². The van der Waals surface area contributed by atoms with Gasteiger partial charge in [-0.1, -0.05) is 11.6 Å². The highest BCUT2D eigenvalue weighted by Crippen LogP contribution is 2.20. The highest BCUT2D eigenvalue weighted by molar-refractivity contribution is 7.89.